The normalized spacial score (nSPS) is 13.4. The summed E-state index contributed by atoms with van der Waals surface area (Å²) in [7, 11) is 0. The quantitative estimate of drug-likeness (QED) is 0.237. The summed E-state index contributed by atoms with van der Waals surface area (Å²) >= 11 is 0. The standard InChI is InChI=1S/C36H26N4/c1-36(2)27-14-6-5-13-26(27)35-34(36)33-25-12-4-3-11-23(25)17-18-32(33)40(35)24-21-30(28-15-7-9-19-37-28)39-31(22-24)29-16-8-10-20-38-29/h3-22H,1-2H3. The molecule has 0 aliphatic heterocycles. The highest BCUT2D eigenvalue weighted by Crippen LogP contribution is 2.54. The zero-order valence-corrected chi connectivity index (χ0v) is 22.3. The fourth-order valence-electron chi connectivity index (χ4n) is 6.50. The van der Waals surface area contributed by atoms with Crippen molar-refractivity contribution in [3.63, 3.8) is 0 Å². The van der Waals surface area contributed by atoms with Crippen molar-refractivity contribution in [3.8, 4) is 39.7 Å². The van der Waals surface area contributed by atoms with Gasteiger partial charge < -0.3 is 4.57 Å². The minimum Gasteiger partial charge on any atom is -0.309 e. The predicted octanol–water partition coefficient (Wildman–Crippen LogP) is 8.61. The van der Waals surface area contributed by atoms with Crippen LogP contribution in [0, 0.1) is 0 Å². The van der Waals surface area contributed by atoms with Crippen molar-refractivity contribution < 1.29 is 0 Å². The van der Waals surface area contributed by atoms with Gasteiger partial charge in [0.25, 0.3) is 0 Å². The number of aromatic nitrogens is 4. The minimum atomic E-state index is -0.153. The van der Waals surface area contributed by atoms with Crippen LogP contribution in [0.4, 0.5) is 0 Å². The summed E-state index contributed by atoms with van der Waals surface area (Å²) < 4.78 is 2.44. The van der Waals surface area contributed by atoms with Gasteiger partial charge >= 0.3 is 0 Å². The van der Waals surface area contributed by atoms with Gasteiger partial charge in [-0.1, -0.05) is 80.6 Å². The third-order valence-corrected chi connectivity index (χ3v) is 8.26. The Bertz CT molecular complexity index is 2010. The second kappa shape index (κ2) is 8.45. The van der Waals surface area contributed by atoms with Gasteiger partial charge in [0, 0.05) is 28.8 Å². The fraction of sp³-hybridized carbons (Fsp3) is 0.0833. The van der Waals surface area contributed by atoms with Crippen LogP contribution in [0.15, 0.2) is 122 Å². The number of pyridine rings is 3. The molecule has 0 saturated heterocycles. The molecule has 0 fully saturated rings. The lowest BCUT2D eigenvalue weighted by atomic mass is 9.81. The molecule has 0 spiro atoms. The van der Waals surface area contributed by atoms with Gasteiger partial charge in [0.1, 0.15) is 0 Å². The second-order valence-corrected chi connectivity index (χ2v) is 10.9. The number of hydrogen-bond donors (Lipinski definition) is 0. The van der Waals surface area contributed by atoms with E-state index in [1.165, 1.54) is 44.1 Å². The summed E-state index contributed by atoms with van der Waals surface area (Å²) in [6.07, 6.45) is 3.63. The molecule has 0 N–H and O–H groups in total. The molecule has 40 heavy (non-hydrogen) atoms. The zero-order valence-electron chi connectivity index (χ0n) is 22.3. The van der Waals surface area contributed by atoms with Crippen molar-refractivity contribution in [2.45, 2.75) is 19.3 Å². The molecule has 190 valence electrons. The average molecular weight is 515 g/mol. The van der Waals surface area contributed by atoms with Crippen molar-refractivity contribution in [1.82, 2.24) is 19.5 Å². The van der Waals surface area contributed by atoms with E-state index in [1.807, 2.05) is 48.8 Å². The van der Waals surface area contributed by atoms with Crippen molar-refractivity contribution in [2.75, 3.05) is 0 Å². The van der Waals surface area contributed by atoms with Gasteiger partial charge in [-0.05, 0) is 64.4 Å². The molecule has 0 saturated carbocycles. The maximum Gasteiger partial charge on any atom is 0.0915 e. The lowest BCUT2D eigenvalue weighted by Crippen LogP contribution is -2.14. The summed E-state index contributed by atoms with van der Waals surface area (Å²) in [5.41, 5.74) is 10.6. The average Bonchev–Trinajstić information content (AvgIpc) is 3.49. The Labute approximate surface area is 232 Å². The molecule has 7 aromatic rings. The number of rotatable bonds is 3. The van der Waals surface area contributed by atoms with Crippen LogP contribution in [-0.2, 0) is 5.41 Å². The summed E-state index contributed by atoms with van der Waals surface area (Å²) in [4.78, 5) is 14.3. The molecular formula is C36H26N4. The van der Waals surface area contributed by atoms with Crippen LogP contribution >= 0.6 is 0 Å². The molecule has 8 rings (SSSR count). The highest BCUT2D eigenvalue weighted by atomic mass is 15.0. The van der Waals surface area contributed by atoms with Gasteiger partial charge in [-0.2, -0.15) is 0 Å². The van der Waals surface area contributed by atoms with Gasteiger partial charge in [-0.15, -0.1) is 0 Å². The van der Waals surface area contributed by atoms with Gasteiger partial charge in [0.05, 0.1) is 39.7 Å². The van der Waals surface area contributed by atoms with Crippen molar-refractivity contribution >= 4 is 21.7 Å². The Balaban J connectivity index is 1.53. The van der Waals surface area contributed by atoms with Gasteiger partial charge in [-0.3, -0.25) is 9.97 Å². The molecule has 0 unspecified atom stereocenters. The van der Waals surface area contributed by atoms with Crippen LogP contribution in [0.25, 0.3) is 61.4 Å². The Morgan fingerprint density at radius 1 is 0.625 bits per heavy atom. The van der Waals surface area contributed by atoms with E-state index >= 15 is 0 Å². The van der Waals surface area contributed by atoms with E-state index in [9.17, 15) is 0 Å². The molecule has 4 heteroatoms. The number of fused-ring (bicyclic) bond motifs is 7. The summed E-state index contributed by atoms with van der Waals surface area (Å²) in [5, 5.41) is 3.84. The molecule has 3 aromatic carbocycles. The molecule has 4 heterocycles. The Morgan fingerprint density at radius 3 is 1.98 bits per heavy atom. The summed E-state index contributed by atoms with van der Waals surface area (Å²) in [6.45, 7) is 4.71. The molecular weight excluding hydrogens is 488 g/mol. The number of benzene rings is 3. The van der Waals surface area contributed by atoms with E-state index in [4.69, 9.17) is 4.98 Å². The molecule has 1 aliphatic rings. The molecule has 0 bridgehead atoms. The Hall–Kier alpha value is -5.09. The van der Waals surface area contributed by atoms with Crippen LogP contribution in [0.5, 0.6) is 0 Å². The first-order chi connectivity index (χ1) is 19.6. The Kier molecular flexibility index (Phi) is 4.83. The van der Waals surface area contributed by atoms with E-state index in [0.717, 1.165) is 28.5 Å². The molecule has 0 radical (unpaired) electrons. The largest absolute Gasteiger partial charge is 0.309 e. The second-order valence-electron chi connectivity index (χ2n) is 10.9. The lowest BCUT2D eigenvalue weighted by molar-refractivity contribution is 0.666. The Morgan fingerprint density at radius 2 is 1.27 bits per heavy atom. The van der Waals surface area contributed by atoms with E-state index < -0.39 is 0 Å². The van der Waals surface area contributed by atoms with Crippen molar-refractivity contribution in [1.29, 1.82) is 0 Å². The van der Waals surface area contributed by atoms with E-state index in [0.29, 0.717) is 0 Å². The predicted molar refractivity (Wildman–Crippen MR) is 163 cm³/mol. The van der Waals surface area contributed by atoms with Gasteiger partial charge in [0.15, 0.2) is 0 Å². The first-order valence-electron chi connectivity index (χ1n) is 13.6. The topological polar surface area (TPSA) is 43.6 Å². The molecule has 1 aliphatic carbocycles. The number of hydrogen-bond acceptors (Lipinski definition) is 3. The first-order valence-corrected chi connectivity index (χ1v) is 13.6. The molecule has 4 nitrogen and oxygen atoms in total. The first kappa shape index (κ1) is 22.9. The minimum absolute atomic E-state index is 0.153. The monoisotopic (exact) mass is 514 g/mol. The van der Waals surface area contributed by atoms with Crippen LogP contribution < -0.4 is 0 Å². The van der Waals surface area contributed by atoms with Crippen LogP contribution in [0.2, 0.25) is 0 Å². The van der Waals surface area contributed by atoms with Gasteiger partial charge in [0.2, 0.25) is 0 Å². The zero-order chi connectivity index (χ0) is 26.8. The van der Waals surface area contributed by atoms with E-state index in [2.05, 4.69) is 101 Å². The SMILES string of the molecule is CC1(C)c2ccccc2-c2c1c1c3ccccc3ccc1n2-c1cc(-c2ccccn2)nc(-c2ccccn2)c1. The van der Waals surface area contributed by atoms with Crippen molar-refractivity contribution in [3.05, 3.63) is 133 Å². The van der Waals surface area contributed by atoms with Crippen LogP contribution in [0.3, 0.4) is 0 Å². The van der Waals surface area contributed by atoms with Crippen LogP contribution in [-0.4, -0.2) is 19.5 Å². The number of nitrogens with zero attached hydrogens (tertiary/aromatic N) is 4. The maximum atomic E-state index is 5.04. The summed E-state index contributed by atoms with van der Waals surface area (Å²) in [5.74, 6) is 0. The maximum absolute atomic E-state index is 5.04. The third kappa shape index (κ3) is 3.23. The highest BCUT2D eigenvalue weighted by Gasteiger charge is 2.41. The van der Waals surface area contributed by atoms with Crippen LogP contribution in [0.1, 0.15) is 25.0 Å². The van der Waals surface area contributed by atoms with E-state index in [1.54, 1.807) is 0 Å². The third-order valence-electron chi connectivity index (χ3n) is 8.26. The molecule has 4 aromatic heterocycles. The van der Waals surface area contributed by atoms with E-state index in [-0.39, 0.29) is 5.41 Å². The smallest absolute Gasteiger partial charge is 0.0915 e. The molecule has 0 amide bonds. The molecule has 0 atom stereocenters. The lowest BCUT2D eigenvalue weighted by Gasteiger charge is -2.21. The van der Waals surface area contributed by atoms with Crippen molar-refractivity contribution in [2.24, 2.45) is 0 Å². The fourth-order valence-corrected chi connectivity index (χ4v) is 6.50. The highest BCUT2D eigenvalue weighted by molar-refractivity contribution is 6.13. The summed E-state index contributed by atoms with van der Waals surface area (Å²) in [6, 6.07) is 38.3. The van der Waals surface area contributed by atoms with Gasteiger partial charge in [-0.25, -0.2) is 4.98 Å².